The van der Waals surface area contributed by atoms with Gasteiger partial charge in [-0.3, -0.25) is 4.79 Å². The molecule has 3 aromatic rings. The van der Waals surface area contributed by atoms with Crippen molar-refractivity contribution in [2.24, 2.45) is 5.92 Å². The van der Waals surface area contributed by atoms with Crippen molar-refractivity contribution in [2.45, 2.75) is 26.3 Å². The molecule has 6 nitrogen and oxygen atoms in total. The second-order valence-electron chi connectivity index (χ2n) is 7.41. The smallest absolute Gasteiger partial charge is 0.341 e. The molecule has 1 aromatic carbocycles. The number of ether oxygens (including phenoxy) is 1. The van der Waals surface area contributed by atoms with Gasteiger partial charge in [-0.15, -0.1) is 0 Å². The Balaban J connectivity index is 1.95. The van der Waals surface area contributed by atoms with Crippen molar-refractivity contribution in [3.63, 3.8) is 0 Å². The molecular weight excluding hydrogens is 399 g/mol. The van der Waals surface area contributed by atoms with Crippen molar-refractivity contribution in [3.8, 4) is 5.88 Å². The molecule has 0 radical (unpaired) electrons. The van der Waals surface area contributed by atoms with Crippen LogP contribution in [0.15, 0.2) is 35.3 Å². The van der Waals surface area contributed by atoms with Gasteiger partial charge >= 0.3 is 5.97 Å². The third kappa shape index (κ3) is 3.25. The number of carbonyl (C=O) groups is 1. The molecule has 0 amide bonds. The Kier molecular flexibility index (Phi) is 4.78. The molecule has 0 saturated heterocycles. The largest absolute Gasteiger partial charge is 0.477 e. The van der Waals surface area contributed by atoms with Gasteiger partial charge in [0.2, 0.25) is 11.3 Å². The van der Waals surface area contributed by atoms with E-state index in [0.717, 1.165) is 0 Å². The fourth-order valence-electron chi connectivity index (χ4n) is 3.64. The Bertz CT molecular complexity index is 1210. The molecule has 0 unspecified atom stereocenters. The topological polar surface area (TPSA) is 81.4 Å². The highest BCUT2D eigenvalue weighted by Gasteiger charge is 2.29. The third-order valence-electron chi connectivity index (χ3n) is 5.18. The first-order valence-electron chi connectivity index (χ1n) is 9.15. The number of hydrogen-bond donors (Lipinski definition) is 1. The van der Waals surface area contributed by atoms with E-state index in [2.05, 4.69) is 4.98 Å². The molecule has 0 spiro atoms. The van der Waals surface area contributed by atoms with Crippen LogP contribution in [0.2, 0.25) is 5.02 Å². The lowest BCUT2D eigenvalue weighted by atomic mass is 10.0. The minimum Gasteiger partial charge on any atom is -0.477 e. The van der Waals surface area contributed by atoms with Gasteiger partial charge in [-0.2, -0.15) is 0 Å². The zero-order valence-corrected chi connectivity index (χ0v) is 16.5. The lowest BCUT2D eigenvalue weighted by Crippen LogP contribution is -2.31. The lowest BCUT2D eigenvalue weighted by molar-refractivity contribution is 0.0693. The Morgan fingerprint density at radius 2 is 2.21 bits per heavy atom. The average Bonchev–Trinajstić information content (AvgIpc) is 2.67. The van der Waals surface area contributed by atoms with E-state index in [-0.39, 0.29) is 40.2 Å². The van der Waals surface area contributed by atoms with Crippen LogP contribution in [0.4, 0.5) is 4.39 Å². The number of carboxylic acid groups (broad SMARTS) is 1. The van der Waals surface area contributed by atoms with Gasteiger partial charge < -0.3 is 14.4 Å². The van der Waals surface area contributed by atoms with Crippen molar-refractivity contribution < 1.29 is 19.0 Å². The summed E-state index contributed by atoms with van der Waals surface area (Å²) in [5.74, 6) is -1.46. The number of aromatic nitrogens is 2. The second kappa shape index (κ2) is 7.15. The number of pyridine rings is 2. The van der Waals surface area contributed by atoms with Crippen LogP contribution in [0.3, 0.4) is 0 Å². The summed E-state index contributed by atoms with van der Waals surface area (Å²) in [4.78, 5) is 29.0. The van der Waals surface area contributed by atoms with Crippen LogP contribution in [0.25, 0.3) is 10.9 Å². The molecule has 29 heavy (non-hydrogen) atoms. The maximum Gasteiger partial charge on any atom is 0.341 e. The molecule has 0 saturated carbocycles. The summed E-state index contributed by atoms with van der Waals surface area (Å²) >= 11 is 5.85. The van der Waals surface area contributed by atoms with E-state index in [1.54, 1.807) is 16.7 Å². The summed E-state index contributed by atoms with van der Waals surface area (Å²) in [7, 11) is 0. The predicted octanol–water partition coefficient (Wildman–Crippen LogP) is 4.07. The highest BCUT2D eigenvalue weighted by molar-refractivity contribution is 6.30. The van der Waals surface area contributed by atoms with Gasteiger partial charge in [0.05, 0.1) is 16.5 Å². The minimum absolute atomic E-state index is 0.00354. The van der Waals surface area contributed by atoms with Crippen molar-refractivity contribution in [2.75, 3.05) is 6.61 Å². The minimum atomic E-state index is -1.30. The molecule has 4 rings (SSSR count). The molecule has 1 N–H and O–H groups in total. The quantitative estimate of drug-likeness (QED) is 0.693. The molecule has 150 valence electrons. The molecule has 0 aliphatic carbocycles. The first-order chi connectivity index (χ1) is 13.8. The van der Waals surface area contributed by atoms with Crippen LogP contribution < -0.4 is 10.2 Å². The molecule has 2 aromatic heterocycles. The van der Waals surface area contributed by atoms with Crippen LogP contribution in [0.1, 0.15) is 41.5 Å². The number of nitrogens with zero attached hydrogens (tertiary/aromatic N) is 2. The Morgan fingerprint density at radius 3 is 2.90 bits per heavy atom. The first-order valence-corrected chi connectivity index (χ1v) is 9.53. The number of hydrogen-bond acceptors (Lipinski definition) is 4. The SMILES string of the molecule is CC(C)[C@H]1COc2nc(Cc3cccc(Cl)c3F)cc3c(=O)c(C(=O)O)cn1c23. The summed E-state index contributed by atoms with van der Waals surface area (Å²) in [5, 5.41) is 9.69. The summed E-state index contributed by atoms with van der Waals surface area (Å²) in [6.45, 7) is 4.28. The molecule has 0 fully saturated rings. The van der Waals surface area contributed by atoms with E-state index in [0.29, 0.717) is 23.4 Å². The lowest BCUT2D eigenvalue weighted by Gasteiger charge is -2.31. The van der Waals surface area contributed by atoms with E-state index < -0.39 is 17.2 Å². The third-order valence-corrected chi connectivity index (χ3v) is 5.47. The fourth-order valence-corrected chi connectivity index (χ4v) is 3.83. The van der Waals surface area contributed by atoms with Crippen molar-refractivity contribution in [1.82, 2.24) is 9.55 Å². The zero-order valence-electron chi connectivity index (χ0n) is 15.8. The molecule has 1 atom stereocenters. The number of aromatic carboxylic acids is 1. The monoisotopic (exact) mass is 416 g/mol. The zero-order chi connectivity index (χ0) is 20.9. The Hall–Kier alpha value is -2.93. The molecular formula is C21H18ClFN2O4. The highest BCUT2D eigenvalue weighted by atomic mass is 35.5. The van der Waals surface area contributed by atoms with Crippen LogP contribution in [0.5, 0.6) is 5.88 Å². The van der Waals surface area contributed by atoms with Gasteiger partial charge in [0.15, 0.2) is 0 Å². The molecule has 8 heteroatoms. The van der Waals surface area contributed by atoms with Crippen LogP contribution in [-0.2, 0) is 6.42 Å². The highest BCUT2D eigenvalue weighted by Crippen LogP contribution is 2.34. The van der Waals surface area contributed by atoms with Gasteiger partial charge in [0.1, 0.15) is 23.5 Å². The Morgan fingerprint density at radius 1 is 1.45 bits per heavy atom. The number of carboxylic acids is 1. The maximum atomic E-state index is 14.3. The van der Waals surface area contributed by atoms with E-state index >= 15 is 0 Å². The summed E-state index contributed by atoms with van der Waals surface area (Å²) < 4.78 is 21.9. The predicted molar refractivity (Wildman–Crippen MR) is 107 cm³/mol. The van der Waals surface area contributed by atoms with Crippen LogP contribution in [-0.4, -0.2) is 27.2 Å². The van der Waals surface area contributed by atoms with Gasteiger partial charge in [-0.05, 0) is 23.6 Å². The summed E-state index contributed by atoms with van der Waals surface area (Å²) in [5.41, 5.74) is 0.237. The van der Waals surface area contributed by atoms with Gasteiger partial charge in [-0.25, -0.2) is 14.2 Å². The van der Waals surface area contributed by atoms with E-state index in [1.165, 1.54) is 18.3 Å². The van der Waals surface area contributed by atoms with E-state index in [4.69, 9.17) is 16.3 Å². The fraction of sp³-hybridized carbons (Fsp3) is 0.286. The van der Waals surface area contributed by atoms with E-state index in [1.807, 2.05) is 13.8 Å². The van der Waals surface area contributed by atoms with Crippen molar-refractivity contribution in [1.29, 1.82) is 0 Å². The molecule has 1 aliphatic rings. The standard InChI is InChI=1S/C21H18ClFN2O4/c1-10(2)16-9-29-20-18-13(19(26)14(21(27)28)8-25(16)18)7-12(24-20)6-11-4-3-5-15(22)17(11)23/h3-5,7-8,10,16H,6,9H2,1-2H3,(H,27,28)/t16-/m1/s1. The average molecular weight is 417 g/mol. The molecule has 1 aliphatic heterocycles. The Labute approximate surface area is 170 Å². The van der Waals surface area contributed by atoms with Gasteiger partial charge in [0, 0.05) is 18.3 Å². The van der Waals surface area contributed by atoms with Gasteiger partial charge in [-0.1, -0.05) is 37.6 Å². The number of benzene rings is 1. The second-order valence-corrected chi connectivity index (χ2v) is 7.82. The normalized spacial score (nSPS) is 15.6. The summed E-state index contributed by atoms with van der Waals surface area (Å²) in [6.07, 6.45) is 1.45. The van der Waals surface area contributed by atoms with Crippen molar-refractivity contribution in [3.05, 3.63) is 68.3 Å². The van der Waals surface area contributed by atoms with Crippen LogP contribution >= 0.6 is 11.6 Å². The maximum absolute atomic E-state index is 14.3. The number of halogens is 2. The van der Waals surface area contributed by atoms with Crippen LogP contribution in [0, 0.1) is 11.7 Å². The first kappa shape index (κ1) is 19.4. The van der Waals surface area contributed by atoms with Gasteiger partial charge in [0.25, 0.3) is 0 Å². The molecule has 0 bridgehead atoms. The van der Waals surface area contributed by atoms with E-state index in [9.17, 15) is 19.1 Å². The number of rotatable bonds is 4. The summed E-state index contributed by atoms with van der Waals surface area (Å²) in [6, 6.07) is 6.04. The molecule has 3 heterocycles. The van der Waals surface area contributed by atoms with Crippen molar-refractivity contribution >= 4 is 28.5 Å².